The summed E-state index contributed by atoms with van der Waals surface area (Å²) in [7, 11) is -1.83. The Balaban J connectivity index is 2.27. The fourth-order valence-corrected chi connectivity index (χ4v) is 9.34. The van der Waals surface area contributed by atoms with Gasteiger partial charge >= 0.3 is 0 Å². The normalized spacial score (nSPS) is 14.5. The first-order valence-corrected chi connectivity index (χ1v) is 10.9. The van der Waals surface area contributed by atoms with Gasteiger partial charge in [-0.15, -0.1) is 5.54 Å². The van der Waals surface area contributed by atoms with Crippen molar-refractivity contribution in [3.8, 4) is 11.5 Å². The number of nitrogens with zero attached hydrogens (tertiary/aromatic N) is 1. The highest BCUT2D eigenvalue weighted by Crippen LogP contribution is 2.40. The van der Waals surface area contributed by atoms with Crippen LogP contribution in [0.15, 0.2) is 24.3 Å². The molecular formula is C20H27NO2Si. The van der Waals surface area contributed by atoms with Gasteiger partial charge in [-0.2, -0.15) is 0 Å². The Hall–Kier alpha value is -1.86. The van der Waals surface area contributed by atoms with Gasteiger partial charge in [0.05, 0.1) is 17.7 Å². The van der Waals surface area contributed by atoms with E-state index in [9.17, 15) is 9.59 Å². The monoisotopic (exact) mass is 341 g/mol. The third-order valence-electron chi connectivity index (χ3n) is 5.29. The molecule has 0 aliphatic carbocycles. The Bertz CT molecular complexity index is 653. The molecular weight excluding hydrogens is 314 g/mol. The molecule has 2 rings (SSSR count). The van der Waals surface area contributed by atoms with Crippen LogP contribution >= 0.6 is 0 Å². The molecule has 0 saturated heterocycles. The molecule has 0 saturated carbocycles. The van der Waals surface area contributed by atoms with Crippen molar-refractivity contribution in [2.24, 2.45) is 0 Å². The van der Waals surface area contributed by atoms with Crippen molar-refractivity contribution in [3.05, 3.63) is 35.4 Å². The molecule has 0 atom stereocenters. The summed E-state index contributed by atoms with van der Waals surface area (Å²) in [6.45, 7) is 13.7. The van der Waals surface area contributed by atoms with Crippen LogP contribution in [0.1, 0.15) is 62.3 Å². The lowest BCUT2D eigenvalue weighted by atomic mass is 10.1. The minimum atomic E-state index is -1.83. The number of hydrogen-bond acceptors (Lipinski definition) is 2. The highest BCUT2D eigenvalue weighted by Gasteiger charge is 2.42. The van der Waals surface area contributed by atoms with Gasteiger partial charge in [-0.1, -0.05) is 59.6 Å². The molecule has 3 nitrogen and oxygen atoms in total. The number of carbonyl (C=O) groups excluding carboxylic acids is 2. The number of fused-ring (bicyclic) bond motifs is 1. The minimum absolute atomic E-state index is 0.188. The average molecular weight is 342 g/mol. The van der Waals surface area contributed by atoms with Crippen LogP contribution in [0.25, 0.3) is 0 Å². The maximum atomic E-state index is 12.4. The fourth-order valence-electron chi connectivity index (χ4n) is 4.09. The van der Waals surface area contributed by atoms with Gasteiger partial charge in [0.15, 0.2) is 0 Å². The predicted octanol–water partition coefficient (Wildman–Crippen LogP) is 4.50. The summed E-state index contributed by atoms with van der Waals surface area (Å²) in [5.74, 6) is 2.75. The first kappa shape index (κ1) is 18.5. The van der Waals surface area contributed by atoms with Crippen LogP contribution in [0.2, 0.25) is 16.6 Å². The van der Waals surface area contributed by atoms with Gasteiger partial charge in [0.1, 0.15) is 8.07 Å². The molecule has 128 valence electrons. The summed E-state index contributed by atoms with van der Waals surface area (Å²) in [5, 5.41) is 0. The van der Waals surface area contributed by atoms with Gasteiger partial charge in [0.2, 0.25) is 0 Å². The smallest absolute Gasteiger partial charge is 0.262 e. The van der Waals surface area contributed by atoms with E-state index < -0.39 is 8.07 Å². The Morgan fingerprint density at radius 1 is 0.875 bits per heavy atom. The van der Waals surface area contributed by atoms with Crippen molar-refractivity contribution in [1.82, 2.24) is 4.90 Å². The van der Waals surface area contributed by atoms with Crippen LogP contribution in [0.5, 0.6) is 0 Å². The van der Waals surface area contributed by atoms with Crippen LogP contribution in [0.4, 0.5) is 0 Å². The standard InChI is InChI=1S/C20H27NO2Si/c1-14(2)24(15(3)4,16(5)6)13-9-12-21-19(22)17-10-7-8-11-18(17)20(21)23/h7-8,10-11,14-16H,12H2,1-6H3. The van der Waals surface area contributed by atoms with E-state index in [-0.39, 0.29) is 18.4 Å². The molecule has 1 aromatic carbocycles. The Kier molecular flexibility index (Phi) is 5.34. The van der Waals surface area contributed by atoms with Crippen LogP contribution in [-0.2, 0) is 0 Å². The van der Waals surface area contributed by atoms with Crippen LogP contribution in [0, 0.1) is 11.5 Å². The average Bonchev–Trinajstić information content (AvgIpc) is 2.75. The second-order valence-electron chi connectivity index (χ2n) is 7.44. The third kappa shape index (κ3) is 2.93. The molecule has 0 bridgehead atoms. The molecule has 0 unspecified atom stereocenters. The van der Waals surface area contributed by atoms with E-state index in [0.29, 0.717) is 27.8 Å². The first-order valence-electron chi connectivity index (χ1n) is 8.68. The van der Waals surface area contributed by atoms with E-state index in [1.54, 1.807) is 24.3 Å². The molecule has 1 aliphatic heterocycles. The number of hydrogen-bond donors (Lipinski definition) is 0. The zero-order valence-corrected chi connectivity index (χ0v) is 16.5. The molecule has 0 radical (unpaired) electrons. The largest absolute Gasteiger partial charge is 0.269 e. The van der Waals surface area contributed by atoms with E-state index in [0.717, 1.165) is 0 Å². The van der Waals surface area contributed by atoms with Gasteiger partial charge in [0, 0.05) is 0 Å². The third-order valence-corrected chi connectivity index (χ3v) is 11.6. The van der Waals surface area contributed by atoms with E-state index in [4.69, 9.17) is 0 Å². The van der Waals surface area contributed by atoms with Crippen molar-refractivity contribution >= 4 is 19.9 Å². The second-order valence-corrected chi connectivity index (χ2v) is 13.0. The summed E-state index contributed by atoms with van der Waals surface area (Å²) in [6, 6.07) is 6.98. The summed E-state index contributed by atoms with van der Waals surface area (Å²) >= 11 is 0. The van der Waals surface area contributed by atoms with Gasteiger partial charge in [-0.25, -0.2) is 0 Å². The molecule has 1 aromatic rings. The molecule has 0 N–H and O–H groups in total. The molecule has 24 heavy (non-hydrogen) atoms. The molecule has 4 heteroatoms. The lowest BCUT2D eigenvalue weighted by Crippen LogP contribution is -2.43. The highest BCUT2D eigenvalue weighted by molar-refractivity contribution is 6.90. The molecule has 0 aromatic heterocycles. The minimum Gasteiger partial charge on any atom is -0.269 e. The number of amides is 2. The molecule has 2 amide bonds. The first-order chi connectivity index (χ1) is 11.2. The lowest BCUT2D eigenvalue weighted by molar-refractivity contribution is 0.0675. The number of benzene rings is 1. The number of rotatable bonds is 4. The summed E-state index contributed by atoms with van der Waals surface area (Å²) in [5.41, 5.74) is 6.15. The molecule has 0 fully saturated rings. The van der Waals surface area contributed by atoms with Crippen LogP contribution < -0.4 is 0 Å². The van der Waals surface area contributed by atoms with Crippen LogP contribution in [-0.4, -0.2) is 31.3 Å². The molecule has 1 heterocycles. The highest BCUT2D eigenvalue weighted by atomic mass is 28.3. The van der Waals surface area contributed by atoms with E-state index in [1.165, 1.54) is 4.90 Å². The van der Waals surface area contributed by atoms with E-state index >= 15 is 0 Å². The summed E-state index contributed by atoms with van der Waals surface area (Å²) in [6.07, 6.45) is 0. The molecule has 0 spiro atoms. The van der Waals surface area contributed by atoms with Gasteiger partial charge in [-0.05, 0) is 28.8 Å². The SMILES string of the molecule is CC(C)[Si](C#CCN1C(=O)c2ccccc2C1=O)(C(C)C)C(C)C. The van der Waals surface area contributed by atoms with Crippen LogP contribution in [0.3, 0.4) is 0 Å². The topological polar surface area (TPSA) is 37.4 Å². The maximum Gasteiger partial charge on any atom is 0.262 e. The van der Waals surface area contributed by atoms with Crippen molar-refractivity contribution in [3.63, 3.8) is 0 Å². The van der Waals surface area contributed by atoms with Crippen molar-refractivity contribution in [2.75, 3.05) is 6.54 Å². The summed E-state index contributed by atoms with van der Waals surface area (Å²) in [4.78, 5) is 26.1. The number of imide groups is 1. The summed E-state index contributed by atoms with van der Waals surface area (Å²) < 4.78 is 0. The van der Waals surface area contributed by atoms with E-state index in [2.05, 4.69) is 53.0 Å². The molecule has 1 aliphatic rings. The zero-order valence-electron chi connectivity index (χ0n) is 15.5. The van der Waals surface area contributed by atoms with Gasteiger partial charge < -0.3 is 0 Å². The maximum absolute atomic E-state index is 12.4. The fraction of sp³-hybridized carbons (Fsp3) is 0.500. The predicted molar refractivity (Wildman–Crippen MR) is 101 cm³/mol. The quantitative estimate of drug-likeness (QED) is 0.459. The van der Waals surface area contributed by atoms with Crippen molar-refractivity contribution in [1.29, 1.82) is 0 Å². The van der Waals surface area contributed by atoms with Gasteiger partial charge in [0.25, 0.3) is 11.8 Å². The van der Waals surface area contributed by atoms with E-state index in [1.807, 2.05) is 0 Å². The number of carbonyl (C=O) groups is 2. The lowest BCUT2D eigenvalue weighted by Gasteiger charge is -2.38. The Labute approximate surface area is 146 Å². The zero-order chi connectivity index (χ0) is 18.1. The van der Waals surface area contributed by atoms with Gasteiger partial charge in [-0.3, -0.25) is 14.5 Å². The Morgan fingerprint density at radius 3 is 1.67 bits per heavy atom. The van der Waals surface area contributed by atoms with Crippen molar-refractivity contribution < 1.29 is 9.59 Å². The second kappa shape index (κ2) is 6.94. The van der Waals surface area contributed by atoms with Crippen molar-refractivity contribution in [2.45, 2.75) is 58.2 Å². The Morgan fingerprint density at radius 2 is 1.29 bits per heavy atom.